The van der Waals surface area contributed by atoms with Crippen LogP contribution in [0.1, 0.15) is 12.6 Å². The molecule has 1 saturated heterocycles. The molecule has 2 unspecified atom stereocenters. The average molecular weight is 467 g/mol. The zero-order chi connectivity index (χ0) is 21.3. The molecule has 0 saturated carbocycles. The minimum Gasteiger partial charge on any atom is -0.390 e. The SMILES string of the molecule is O=c1ccn([C@H]2C[C@H](O)[C@@H](COP(=O)(O)NP(=O)(O)OP(=O)(O)O)O2)c(=O)[nH]1. The number of nitrogens with one attached hydrogen (secondary N) is 2. The predicted octanol–water partition coefficient (Wildman–Crippen LogP) is -1.90. The second-order valence-electron chi connectivity index (χ2n) is 5.46. The van der Waals surface area contributed by atoms with Crippen molar-refractivity contribution in [2.24, 2.45) is 0 Å². The van der Waals surface area contributed by atoms with Crippen molar-refractivity contribution in [1.82, 2.24) is 14.4 Å². The Balaban J connectivity index is 1.99. The number of aliphatic hydroxyl groups excluding tert-OH is 1. The van der Waals surface area contributed by atoms with E-state index in [1.807, 2.05) is 4.98 Å². The molecule has 0 amide bonds. The molecule has 0 spiro atoms. The smallest absolute Gasteiger partial charge is 0.390 e. The van der Waals surface area contributed by atoms with Crippen LogP contribution in [0.15, 0.2) is 21.9 Å². The number of aromatic amines is 1. The Morgan fingerprint density at radius 2 is 1.86 bits per heavy atom. The summed E-state index contributed by atoms with van der Waals surface area (Å²) in [5.41, 5.74) is -1.48. The van der Waals surface area contributed by atoms with Gasteiger partial charge >= 0.3 is 29.0 Å². The van der Waals surface area contributed by atoms with Gasteiger partial charge in [-0.2, -0.15) is 4.31 Å². The topological polar surface area (TPSA) is 247 Å². The Hall–Kier alpha value is -0.990. The monoisotopic (exact) mass is 467 g/mol. The predicted molar refractivity (Wildman–Crippen MR) is 87.7 cm³/mol. The molecule has 1 aliphatic heterocycles. The maximum atomic E-state index is 11.7. The second-order valence-corrected chi connectivity index (χ2v) is 10.2. The Labute approximate surface area is 155 Å². The molecule has 2 heterocycles. The zero-order valence-electron chi connectivity index (χ0n) is 13.6. The summed E-state index contributed by atoms with van der Waals surface area (Å²) < 4.78 is 47.9. The van der Waals surface area contributed by atoms with Crippen LogP contribution in [0.25, 0.3) is 0 Å². The van der Waals surface area contributed by atoms with Gasteiger partial charge < -0.3 is 29.4 Å². The number of hydrogen-bond acceptors (Lipinski definition) is 9. The number of nitrogens with zero attached hydrogens (tertiary/aromatic N) is 1. The standard InChI is InChI=1S/C9H16N3O13P3/c13-5-3-8(12-2-1-7(14)10-9(12)15)24-6(5)4-23-26(16,17)11-27(18,19)25-28(20,21)22/h1-2,5-6,8,13H,3-4H2,(H,10,14,15)(H2,20,21,22)(H3,11,16,17,18,19)/t5-,6+,8+/m0/s1. The fourth-order valence-corrected chi connectivity index (χ4v) is 5.70. The number of aromatic nitrogens is 2. The minimum absolute atomic E-state index is 0.150. The van der Waals surface area contributed by atoms with Crippen molar-refractivity contribution in [3.8, 4) is 0 Å². The van der Waals surface area contributed by atoms with Crippen LogP contribution in [-0.2, 0) is 27.3 Å². The van der Waals surface area contributed by atoms with E-state index >= 15 is 0 Å². The van der Waals surface area contributed by atoms with Gasteiger partial charge in [0.2, 0.25) is 0 Å². The average Bonchev–Trinajstić information content (AvgIpc) is 2.82. The molecular weight excluding hydrogens is 451 g/mol. The highest BCUT2D eigenvalue weighted by Crippen LogP contribution is 2.60. The summed E-state index contributed by atoms with van der Waals surface area (Å²) in [5.74, 6) is 0. The number of H-pyrrole nitrogens is 1. The lowest BCUT2D eigenvalue weighted by Gasteiger charge is -2.20. The van der Waals surface area contributed by atoms with Gasteiger partial charge in [0, 0.05) is 18.7 Å². The van der Waals surface area contributed by atoms with Crippen molar-refractivity contribution >= 4 is 23.3 Å². The van der Waals surface area contributed by atoms with Crippen molar-refractivity contribution in [2.45, 2.75) is 24.9 Å². The van der Waals surface area contributed by atoms with Crippen molar-refractivity contribution in [3.05, 3.63) is 33.1 Å². The van der Waals surface area contributed by atoms with Gasteiger partial charge in [-0.25, -0.2) is 18.5 Å². The molecule has 0 aromatic carbocycles. The summed E-state index contributed by atoms with van der Waals surface area (Å²) in [6.07, 6.45) is -2.62. The van der Waals surface area contributed by atoms with Gasteiger partial charge in [0.15, 0.2) is 0 Å². The van der Waals surface area contributed by atoms with Crippen molar-refractivity contribution < 1.29 is 51.9 Å². The number of rotatable bonds is 8. The lowest BCUT2D eigenvalue weighted by Crippen LogP contribution is -2.31. The molecule has 0 aliphatic carbocycles. The van der Waals surface area contributed by atoms with Crippen LogP contribution in [0.2, 0.25) is 0 Å². The molecule has 7 N–H and O–H groups in total. The van der Waals surface area contributed by atoms with Gasteiger partial charge in [0.05, 0.1) is 12.7 Å². The van der Waals surface area contributed by atoms with E-state index < -0.39 is 59.6 Å². The summed E-state index contributed by atoms with van der Waals surface area (Å²) in [6, 6.07) is 1.03. The number of ether oxygens (including phenoxy) is 1. The van der Waals surface area contributed by atoms with Crippen molar-refractivity contribution in [2.75, 3.05) is 6.61 Å². The molecule has 28 heavy (non-hydrogen) atoms. The van der Waals surface area contributed by atoms with Gasteiger partial charge in [-0.05, 0) is 0 Å². The second kappa shape index (κ2) is 8.40. The number of aliphatic hydroxyl groups is 1. The van der Waals surface area contributed by atoms with E-state index in [9.17, 15) is 33.3 Å². The van der Waals surface area contributed by atoms with E-state index in [-0.39, 0.29) is 6.42 Å². The highest BCUT2D eigenvalue weighted by atomic mass is 31.3. The first-order chi connectivity index (χ1) is 12.7. The highest BCUT2D eigenvalue weighted by Gasteiger charge is 2.41. The molecule has 1 fully saturated rings. The van der Waals surface area contributed by atoms with Crippen molar-refractivity contribution in [3.63, 3.8) is 0 Å². The molecule has 1 aromatic rings. The normalized spacial score (nSPS) is 27.2. The maximum absolute atomic E-state index is 11.7. The van der Waals surface area contributed by atoms with Crippen LogP contribution in [0, 0.1) is 0 Å². The zero-order valence-corrected chi connectivity index (χ0v) is 16.3. The van der Waals surface area contributed by atoms with Gasteiger partial charge in [-0.1, -0.05) is 0 Å². The van der Waals surface area contributed by atoms with E-state index in [0.29, 0.717) is 0 Å². The number of phosphoric acid groups is 1. The minimum atomic E-state index is -5.46. The first kappa shape index (κ1) is 23.3. The summed E-state index contributed by atoms with van der Waals surface area (Å²) >= 11 is 0. The van der Waals surface area contributed by atoms with Crippen molar-refractivity contribution in [1.29, 1.82) is 0 Å². The Morgan fingerprint density at radius 1 is 1.21 bits per heavy atom. The lowest BCUT2D eigenvalue weighted by molar-refractivity contribution is -0.0426. The maximum Gasteiger partial charge on any atom is 0.477 e. The molecule has 160 valence electrons. The van der Waals surface area contributed by atoms with E-state index in [0.717, 1.165) is 21.7 Å². The molecule has 0 radical (unpaired) electrons. The summed E-state index contributed by atoms with van der Waals surface area (Å²) in [4.78, 5) is 61.3. The van der Waals surface area contributed by atoms with Crippen LogP contribution in [0.3, 0.4) is 0 Å². The third-order valence-electron chi connectivity index (χ3n) is 3.25. The van der Waals surface area contributed by atoms with E-state index in [1.54, 1.807) is 0 Å². The van der Waals surface area contributed by atoms with Crippen LogP contribution in [0.5, 0.6) is 0 Å². The Bertz CT molecular complexity index is 968. The molecule has 1 aliphatic rings. The summed E-state index contributed by atoms with van der Waals surface area (Å²) in [6.45, 7) is -0.813. The first-order valence-electron chi connectivity index (χ1n) is 7.19. The fraction of sp³-hybridized carbons (Fsp3) is 0.556. The lowest BCUT2D eigenvalue weighted by atomic mass is 10.2. The molecule has 16 nitrogen and oxygen atoms in total. The Kier molecular flexibility index (Phi) is 6.99. The van der Waals surface area contributed by atoms with Gasteiger partial charge in [0.25, 0.3) is 5.56 Å². The third kappa shape index (κ3) is 6.81. The van der Waals surface area contributed by atoms with E-state index in [2.05, 4.69) is 8.83 Å². The van der Waals surface area contributed by atoms with Gasteiger partial charge in [-0.3, -0.25) is 18.9 Å². The molecular formula is C9H16N3O13P3. The third-order valence-corrected chi connectivity index (χ3v) is 7.51. The largest absolute Gasteiger partial charge is 0.477 e. The molecule has 19 heteroatoms. The van der Waals surface area contributed by atoms with E-state index in [4.69, 9.17) is 19.4 Å². The van der Waals surface area contributed by atoms with Crippen LogP contribution in [0.4, 0.5) is 0 Å². The van der Waals surface area contributed by atoms with E-state index in [1.165, 1.54) is 0 Å². The molecule has 5 atom stereocenters. The highest BCUT2D eigenvalue weighted by molar-refractivity contribution is 7.70. The summed E-state index contributed by atoms with van der Waals surface area (Å²) in [5, 5.41) is 9.93. The number of hydrogen-bond donors (Lipinski definition) is 7. The fourth-order valence-electron chi connectivity index (χ4n) is 2.22. The molecule has 1 aromatic heterocycles. The van der Waals surface area contributed by atoms with Crippen LogP contribution in [-0.4, -0.2) is 53.0 Å². The summed E-state index contributed by atoms with van der Waals surface area (Å²) in [7, 11) is -16.0. The van der Waals surface area contributed by atoms with Gasteiger partial charge in [-0.15, -0.1) is 4.86 Å². The molecule has 2 rings (SSSR count). The van der Waals surface area contributed by atoms with Gasteiger partial charge in [0.1, 0.15) is 12.3 Å². The quantitative estimate of drug-likeness (QED) is 0.206. The first-order valence-corrected chi connectivity index (χ1v) is 11.9. The van der Waals surface area contributed by atoms with Crippen LogP contribution >= 0.6 is 23.3 Å². The molecule has 0 bridgehead atoms. The Morgan fingerprint density at radius 3 is 2.43 bits per heavy atom. The van der Waals surface area contributed by atoms with Crippen LogP contribution < -0.4 is 16.1 Å².